The summed E-state index contributed by atoms with van der Waals surface area (Å²) in [6, 6.07) is 12.0. The molecule has 1 atom stereocenters. The van der Waals surface area contributed by atoms with Crippen LogP contribution in [0.15, 0.2) is 55.1 Å². The van der Waals surface area contributed by atoms with E-state index < -0.39 is 17.5 Å². The van der Waals surface area contributed by atoms with Crippen molar-refractivity contribution < 1.29 is 22.6 Å². The molecule has 0 aliphatic carbocycles. The highest BCUT2D eigenvalue weighted by atomic mass is 19.1. The van der Waals surface area contributed by atoms with Gasteiger partial charge in [-0.05, 0) is 52.1 Å². The summed E-state index contributed by atoms with van der Waals surface area (Å²) in [5.74, 6) is -2.06. The smallest absolute Gasteiger partial charge is 0.161 e. The van der Waals surface area contributed by atoms with Crippen LogP contribution in [0.5, 0.6) is 0 Å². The molecule has 0 amide bonds. The third kappa shape index (κ3) is 3.71. The highest BCUT2D eigenvalue weighted by molar-refractivity contribution is 5.73. The summed E-state index contributed by atoms with van der Waals surface area (Å²) >= 11 is 0. The van der Waals surface area contributed by atoms with Crippen molar-refractivity contribution in [2.45, 2.75) is 19.3 Å². The van der Waals surface area contributed by atoms with Gasteiger partial charge >= 0.3 is 0 Å². The molecule has 0 N–H and O–H groups in total. The maximum atomic E-state index is 14.9. The number of ether oxygens (including phenoxy) is 2. The van der Waals surface area contributed by atoms with Gasteiger partial charge in [0.2, 0.25) is 0 Å². The van der Waals surface area contributed by atoms with Crippen LogP contribution in [-0.2, 0) is 22.5 Å². The van der Waals surface area contributed by atoms with Crippen molar-refractivity contribution in [2.75, 3.05) is 7.11 Å². The van der Waals surface area contributed by atoms with E-state index in [1.807, 2.05) is 6.07 Å². The first kappa shape index (κ1) is 19.4. The zero-order chi connectivity index (χ0) is 20.5. The Hall–Kier alpha value is -2.89. The molecule has 29 heavy (non-hydrogen) atoms. The molecule has 1 unspecified atom stereocenters. The number of rotatable bonds is 4. The zero-order valence-electron chi connectivity index (χ0n) is 15.8. The lowest BCUT2D eigenvalue weighted by molar-refractivity contribution is -0.137. The van der Waals surface area contributed by atoms with Gasteiger partial charge in [0.05, 0.1) is 12.2 Å². The van der Waals surface area contributed by atoms with Crippen LogP contribution in [0.25, 0.3) is 28.3 Å². The lowest BCUT2D eigenvalue weighted by Gasteiger charge is -2.24. The summed E-state index contributed by atoms with van der Waals surface area (Å²) in [4.78, 5) is 0. The Labute approximate surface area is 167 Å². The summed E-state index contributed by atoms with van der Waals surface area (Å²) in [5, 5.41) is 0. The molecular formula is C24H19F3O2. The van der Waals surface area contributed by atoms with Crippen molar-refractivity contribution >= 4 is 6.08 Å². The largest absolute Gasteiger partial charge is 0.356 e. The second-order valence-corrected chi connectivity index (χ2v) is 6.92. The minimum atomic E-state index is -0.751. The minimum absolute atomic E-state index is 0.129. The molecule has 1 aliphatic heterocycles. The Balaban J connectivity index is 1.73. The van der Waals surface area contributed by atoms with Crippen molar-refractivity contribution in [3.05, 3.63) is 89.3 Å². The third-order valence-electron chi connectivity index (χ3n) is 5.15. The number of hydrogen-bond acceptors (Lipinski definition) is 2. The van der Waals surface area contributed by atoms with E-state index in [0.29, 0.717) is 24.2 Å². The molecule has 4 rings (SSSR count). The van der Waals surface area contributed by atoms with E-state index >= 15 is 0 Å². The number of benzene rings is 3. The van der Waals surface area contributed by atoms with Crippen molar-refractivity contribution in [3.63, 3.8) is 0 Å². The molecule has 0 saturated carbocycles. The molecule has 3 aromatic rings. The molecule has 148 valence electrons. The van der Waals surface area contributed by atoms with Crippen molar-refractivity contribution in [1.29, 1.82) is 0 Å². The minimum Gasteiger partial charge on any atom is -0.356 e. The van der Waals surface area contributed by atoms with Gasteiger partial charge in [-0.2, -0.15) is 0 Å². The van der Waals surface area contributed by atoms with Gasteiger partial charge in [-0.3, -0.25) is 0 Å². The highest BCUT2D eigenvalue weighted by Crippen LogP contribution is 2.34. The summed E-state index contributed by atoms with van der Waals surface area (Å²) in [6.45, 7) is 3.89. The summed E-state index contributed by atoms with van der Waals surface area (Å²) in [6.07, 6.45) is 1.77. The van der Waals surface area contributed by atoms with Gasteiger partial charge in [0, 0.05) is 19.1 Å². The second-order valence-electron chi connectivity index (χ2n) is 6.92. The molecule has 0 spiro atoms. The molecule has 0 bridgehead atoms. The van der Waals surface area contributed by atoms with Gasteiger partial charge < -0.3 is 9.47 Å². The first-order valence-corrected chi connectivity index (χ1v) is 9.18. The molecule has 0 radical (unpaired) electrons. The molecular weight excluding hydrogens is 377 g/mol. The topological polar surface area (TPSA) is 18.5 Å². The molecule has 2 nitrogen and oxygen atoms in total. The van der Waals surface area contributed by atoms with E-state index in [-0.39, 0.29) is 23.0 Å². The fraction of sp³-hybridized carbons (Fsp3) is 0.167. The van der Waals surface area contributed by atoms with Gasteiger partial charge in [0.1, 0.15) is 17.5 Å². The van der Waals surface area contributed by atoms with Crippen LogP contribution in [0.2, 0.25) is 0 Å². The van der Waals surface area contributed by atoms with Crippen LogP contribution in [0.3, 0.4) is 0 Å². The monoisotopic (exact) mass is 396 g/mol. The quantitative estimate of drug-likeness (QED) is 0.528. The SMILES string of the molecule is C=Cc1ccc(-c2cc(F)c(-c3ccc4c(c3)COC(OC)C4)c(F)c2)c(F)c1. The predicted octanol–water partition coefficient (Wildman–Crippen LogP) is 6.13. The highest BCUT2D eigenvalue weighted by Gasteiger charge is 2.21. The van der Waals surface area contributed by atoms with E-state index in [1.165, 1.54) is 18.2 Å². The molecule has 0 fully saturated rings. The summed E-state index contributed by atoms with van der Waals surface area (Å²) in [7, 11) is 1.57. The molecule has 0 saturated heterocycles. The van der Waals surface area contributed by atoms with E-state index in [9.17, 15) is 13.2 Å². The second kappa shape index (κ2) is 7.85. The van der Waals surface area contributed by atoms with Gasteiger partial charge in [-0.1, -0.05) is 36.9 Å². The van der Waals surface area contributed by atoms with Gasteiger partial charge in [-0.15, -0.1) is 0 Å². The Kier molecular flexibility index (Phi) is 5.26. The van der Waals surface area contributed by atoms with Crippen LogP contribution in [0, 0.1) is 17.5 Å². The molecule has 1 heterocycles. The zero-order valence-corrected chi connectivity index (χ0v) is 15.8. The van der Waals surface area contributed by atoms with E-state index in [2.05, 4.69) is 6.58 Å². The Morgan fingerprint density at radius 1 is 0.931 bits per heavy atom. The van der Waals surface area contributed by atoms with Gasteiger partial charge in [-0.25, -0.2) is 13.2 Å². The van der Waals surface area contributed by atoms with Crippen molar-refractivity contribution in [3.8, 4) is 22.3 Å². The van der Waals surface area contributed by atoms with Crippen LogP contribution < -0.4 is 0 Å². The lowest BCUT2D eigenvalue weighted by atomic mass is 9.94. The van der Waals surface area contributed by atoms with E-state index in [0.717, 1.165) is 23.3 Å². The number of hydrogen-bond donors (Lipinski definition) is 0. The maximum Gasteiger partial charge on any atom is 0.161 e. The molecule has 5 heteroatoms. The molecule has 3 aromatic carbocycles. The Morgan fingerprint density at radius 2 is 1.69 bits per heavy atom. The molecule has 0 aromatic heterocycles. The third-order valence-corrected chi connectivity index (χ3v) is 5.15. The maximum absolute atomic E-state index is 14.9. The fourth-order valence-electron chi connectivity index (χ4n) is 3.58. The normalized spacial score (nSPS) is 15.8. The van der Waals surface area contributed by atoms with E-state index in [4.69, 9.17) is 9.47 Å². The Morgan fingerprint density at radius 3 is 2.34 bits per heavy atom. The Bertz CT molecular complexity index is 1070. The summed E-state index contributed by atoms with van der Waals surface area (Å²) in [5.41, 5.74) is 3.01. The fourth-order valence-corrected chi connectivity index (χ4v) is 3.58. The average Bonchev–Trinajstić information content (AvgIpc) is 2.72. The first-order chi connectivity index (χ1) is 14.0. The van der Waals surface area contributed by atoms with Crippen LogP contribution in [0.4, 0.5) is 13.2 Å². The summed E-state index contributed by atoms with van der Waals surface area (Å²) < 4.78 is 54.9. The van der Waals surface area contributed by atoms with Crippen LogP contribution in [-0.4, -0.2) is 13.4 Å². The van der Waals surface area contributed by atoms with Crippen molar-refractivity contribution in [2.24, 2.45) is 0 Å². The predicted molar refractivity (Wildman–Crippen MR) is 107 cm³/mol. The molecule has 1 aliphatic rings. The first-order valence-electron chi connectivity index (χ1n) is 9.18. The number of methoxy groups -OCH3 is 1. The number of fused-ring (bicyclic) bond motifs is 1. The average molecular weight is 396 g/mol. The number of halogens is 3. The van der Waals surface area contributed by atoms with Crippen LogP contribution in [0.1, 0.15) is 16.7 Å². The van der Waals surface area contributed by atoms with Gasteiger partial charge in [0.15, 0.2) is 6.29 Å². The lowest BCUT2D eigenvalue weighted by Crippen LogP contribution is -2.23. The van der Waals surface area contributed by atoms with Crippen LogP contribution >= 0.6 is 0 Å². The standard InChI is InChI=1S/C24H19F3O2/c1-3-14-4-7-19(20(25)8-14)17-10-21(26)24(22(27)11-17)16-6-5-15-12-23(28-2)29-13-18(15)9-16/h3-11,23H,1,12-13H2,2H3. The van der Waals surface area contributed by atoms with Crippen molar-refractivity contribution in [1.82, 2.24) is 0 Å². The van der Waals surface area contributed by atoms with Gasteiger partial charge in [0.25, 0.3) is 0 Å². The van der Waals surface area contributed by atoms with E-state index in [1.54, 1.807) is 25.3 Å².